The summed E-state index contributed by atoms with van der Waals surface area (Å²) in [6, 6.07) is 9.10. The average Bonchev–Trinajstić information content (AvgIpc) is 2.45. The molecule has 0 bridgehead atoms. The molecule has 0 amide bonds. The molecule has 0 unspecified atom stereocenters. The van der Waals surface area contributed by atoms with Gasteiger partial charge in [0.05, 0.1) is 6.61 Å². The molecule has 1 aliphatic rings. The summed E-state index contributed by atoms with van der Waals surface area (Å²) in [6.07, 6.45) is 3.56. The van der Waals surface area contributed by atoms with Gasteiger partial charge in [-0.05, 0) is 57.1 Å². The number of hydrogen-bond acceptors (Lipinski definition) is 3. The Morgan fingerprint density at radius 2 is 2.11 bits per heavy atom. The zero-order valence-corrected chi connectivity index (χ0v) is 12.2. The first kappa shape index (κ1) is 14.4. The first-order valence-electron chi connectivity index (χ1n) is 7.41. The minimum atomic E-state index is 0.663. The number of nitrogens with zero attached hydrogens (tertiary/aromatic N) is 1. The molecule has 0 spiro atoms. The minimum Gasteiger partial charge on any atom is -0.494 e. The van der Waals surface area contributed by atoms with Crippen molar-refractivity contribution in [2.75, 3.05) is 26.7 Å². The van der Waals surface area contributed by atoms with Crippen LogP contribution in [0.15, 0.2) is 24.3 Å². The molecule has 0 saturated carbocycles. The smallest absolute Gasteiger partial charge is 0.119 e. The molecule has 106 valence electrons. The molecular formula is C16H26N2O. The lowest BCUT2D eigenvalue weighted by atomic mass is 10.1. The van der Waals surface area contributed by atoms with Crippen LogP contribution in [0.2, 0.25) is 0 Å². The lowest BCUT2D eigenvalue weighted by Crippen LogP contribution is -2.40. The quantitative estimate of drug-likeness (QED) is 0.853. The monoisotopic (exact) mass is 262 g/mol. The van der Waals surface area contributed by atoms with Crippen LogP contribution in [-0.2, 0) is 6.54 Å². The van der Waals surface area contributed by atoms with Gasteiger partial charge in [0.1, 0.15) is 5.75 Å². The maximum absolute atomic E-state index is 5.67. The van der Waals surface area contributed by atoms with E-state index in [2.05, 4.69) is 42.4 Å². The number of likely N-dealkylation sites (tertiary alicyclic amines) is 1. The highest BCUT2D eigenvalue weighted by Gasteiger charge is 2.15. The largest absolute Gasteiger partial charge is 0.494 e. The van der Waals surface area contributed by atoms with Crippen LogP contribution in [0.25, 0.3) is 0 Å². The Bertz CT molecular complexity index is 373. The second-order valence-electron chi connectivity index (χ2n) is 5.45. The predicted octanol–water partition coefficient (Wildman–Crippen LogP) is 2.66. The van der Waals surface area contributed by atoms with Crippen LogP contribution in [0.3, 0.4) is 0 Å². The molecule has 1 heterocycles. The molecule has 1 fully saturated rings. The SMILES string of the molecule is CCCOc1cccc(CNC2CCN(C)CC2)c1. The summed E-state index contributed by atoms with van der Waals surface area (Å²) in [4.78, 5) is 2.40. The van der Waals surface area contributed by atoms with Gasteiger partial charge < -0.3 is 15.0 Å². The molecule has 1 saturated heterocycles. The summed E-state index contributed by atoms with van der Waals surface area (Å²) in [6.45, 7) is 6.28. The van der Waals surface area contributed by atoms with Crippen LogP contribution in [0.5, 0.6) is 5.75 Å². The molecule has 0 aromatic heterocycles. The molecular weight excluding hydrogens is 236 g/mol. The molecule has 0 aliphatic carbocycles. The fourth-order valence-corrected chi connectivity index (χ4v) is 2.44. The molecule has 1 aromatic rings. The Morgan fingerprint density at radius 3 is 2.84 bits per heavy atom. The van der Waals surface area contributed by atoms with Crippen molar-refractivity contribution in [2.24, 2.45) is 0 Å². The van der Waals surface area contributed by atoms with Crippen LogP contribution in [0, 0.1) is 0 Å². The van der Waals surface area contributed by atoms with Gasteiger partial charge in [-0.2, -0.15) is 0 Å². The highest BCUT2D eigenvalue weighted by Crippen LogP contribution is 2.15. The van der Waals surface area contributed by atoms with E-state index in [1.165, 1.54) is 31.5 Å². The van der Waals surface area contributed by atoms with E-state index < -0.39 is 0 Å². The topological polar surface area (TPSA) is 24.5 Å². The van der Waals surface area contributed by atoms with Crippen LogP contribution < -0.4 is 10.1 Å². The summed E-state index contributed by atoms with van der Waals surface area (Å²) < 4.78 is 5.67. The predicted molar refractivity (Wildman–Crippen MR) is 79.6 cm³/mol. The molecule has 0 radical (unpaired) electrons. The second-order valence-corrected chi connectivity index (χ2v) is 5.45. The standard InChI is InChI=1S/C16H26N2O/c1-3-11-19-16-6-4-5-14(12-16)13-17-15-7-9-18(2)10-8-15/h4-6,12,15,17H,3,7-11,13H2,1-2H3. The molecule has 19 heavy (non-hydrogen) atoms. The molecule has 3 nitrogen and oxygen atoms in total. The normalized spacial score (nSPS) is 17.6. The summed E-state index contributed by atoms with van der Waals surface area (Å²) in [5.41, 5.74) is 1.31. The molecule has 1 aromatic carbocycles. The summed E-state index contributed by atoms with van der Waals surface area (Å²) >= 11 is 0. The zero-order valence-electron chi connectivity index (χ0n) is 12.2. The molecule has 0 atom stereocenters. The van der Waals surface area contributed by atoms with Crippen molar-refractivity contribution in [3.8, 4) is 5.75 Å². The van der Waals surface area contributed by atoms with Gasteiger partial charge in [-0.3, -0.25) is 0 Å². The van der Waals surface area contributed by atoms with Crippen LogP contribution in [0.4, 0.5) is 0 Å². The first-order valence-corrected chi connectivity index (χ1v) is 7.41. The van der Waals surface area contributed by atoms with Gasteiger partial charge in [-0.15, -0.1) is 0 Å². The van der Waals surface area contributed by atoms with E-state index >= 15 is 0 Å². The van der Waals surface area contributed by atoms with E-state index in [4.69, 9.17) is 4.74 Å². The zero-order chi connectivity index (χ0) is 13.5. The minimum absolute atomic E-state index is 0.663. The van der Waals surface area contributed by atoms with Crippen molar-refractivity contribution in [1.82, 2.24) is 10.2 Å². The van der Waals surface area contributed by atoms with Gasteiger partial charge in [-0.1, -0.05) is 19.1 Å². The first-order chi connectivity index (χ1) is 9.28. The van der Waals surface area contributed by atoms with Crippen LogP contribution >= 0.6 is 0 Å². The van der Waals surface area contributed by atoms with Crippen molar-refractivity contribution in [3.05, 3.63) is 29.8 Å². The average molecular weight is 262 g/mol. The lowest BCUT2D eigenvalue weighted by Gasteiger charge is -2.29. The van der Waals surface area contributed by atoms with Crippen molar-refractivity contribution < 1.29 is 4.74 Å². The van der Waals surface area contributed by atoms with E-state index in [1.807, 2.05) is 6.07 Å². The van der Waals surface area contributed by atoms with Crippen molar-refractivity contribution in [3.63, 3.8) is 0 Å². The van der Waals surface area contributed by atoms with E-state index in [-0.39, 0.29) is 0 Å². The Morgan fingerprint density at radius 1 is 1.32 bits per heavy atom. The van der Waals surface area contributed by atoms with Crippen LogP contribution in [-0.4, -0.2) is 37.7 Å². The number of hydrogen-bond donors (Lipinski definition) is 1. The lowest BCUT2D eigenvalue weighted by molar-refractivity contribution is 0.234. The summed E-state index contributed by atoms with van der Waals surface area (Å²) in [5, 5.41) is 3.66. The van der Waals surface area contributed by atoms with Gasteiger partial charge in [0.2, 0.25) is 0 Å². The fraction of sp³-hybridized carbons (Fsp3) is 0.625. The molecule has 3 heteroatoms. The number of piperidine rings is 1. The Hall–Kier alpha value is -1.06. The van der Waals surface area contributed by atoms with E-state index in [0.29, 0.717) is 6.04 Å². The van der Waals surface area contributed by atoms with Crippen molar-refractivity contribution >= 4 is 0 Å². The summed E-state index contributed by atoms with van der Waals surface area (Å²) in [5.74, 6) is 0.990. The fourth-order valence-electron chi connectivity index (χ4n) is 2.44. The van der Waals surface area contributed by atoms with E-state index in [1.54, 1.807) is 0 Å². The Balaban J connectivity index is 1.78. The summed E-state index contributed by atoms with van der Waals surface area (Å²) in [7, 11) is 2.20. The van der Waals surface area contributed by atoms with Gasteiger partial charge in [0.15, 0.2) is 0 Å². The second kappa shape index (κ2) is 7.51. The number of nitrogens with one attached hydrogen (secondary N) is 1. The maximum atomic E-state index is 5.67. The number of rotatable bonds is 6. The van der Waals surface area contributed by atoms with Gasteiger partial charge in [-0.25, -0.2) is 0 Å². The number of ether oxygens (including phenoxy) is 1. The Labute approximate surface area is 116 Å². The van der Waals surface area contributed by atoms with Gasteiger partial charge >= 0.3 is 0 Å². The molecule has 1 aliphatic heterocycles. The molecule has 2 rings (SSSR count). The van der Waals surface area contributed by atoms with E-state index in [0.717, 1.165) is 25.3 Å². The third-order valence-corrected chi connectivity index (χ3v) is 3.68. The van der Waals surface area contributed by atoms with Gasteiger partial charge in [0, 0.05) is 12.6 Å². The van der Waals surface area contributed by atoms with Crippen molar-refractivity contribution in [2.45, 2.75) is 38.8 Å². The van der Waals surface area contributed by atoms with Gasteiger partial charge in [0.25, 0.3) is 0 Å². The number of benzene rings is 1. The Kier molecular flexibility index (Phi) is 5.67. The highest BCUT2D eigenvalue weighted by molar-refractivity contribution is 5.28. The van der Waals surface area contributed by atoms with Crippen LogP contribution in [0.1, 0.15) is 31.7 Å². The third-order valence-electron chi connectivity index (χ3n) is 3.68. The maximum Gasteiger partial charge on any atom is 0.119 e. The van der Waals surface area contributed by atoms with Crippen molar-refractivity contribution in [1.29, 1.82) is 0 Å². The highest BCUT2D eigenvalue weighted by atomic mass is 16.5. The molecule has 1 N–H and O–H groups in total. The van der Waals surface area contributed by atoms with E-state index in [9.17, 15) is 0 Å². The third kappa shape index (κ3) is 4.84.